The molecule has 2 atom stereocenters. The minimum atomic E-state index is -0.786. The molecule has 0 aromatic carbocycles. The largest absolute Gasteiger partial charge is 0.420 e. The van der Waals surface area contributed by atoms with Gasteiger partial charge in [-0.2, -0.15) is 0 Å². The van der Waals surface area contributed by atoms with E-state index in [0.717, 1.165) is 12.5 Å². The fraction of sp³-hybridized carbons (Fsp3) is 1.00. The minimum Gasteiger partial charge on any atom is -0.420 e. The molecule has 0 aromatic heterocycles. The van der Waals surface area contributed by atoms with Gasteiger partial charge in [-0.3, -0.25) is 0 Å². The van der Waals surface area contributed by atoms with E-state index >= 15 is 0 Å². The monoisotopic (exact) mass is 192 g/mol. The van der Waals surface area contributed by atoms with Gasteiger partial charge in [0.25, 0.3) is 0 Å². The number of hydrogen-bond acceptors (Lipinski definition) is 1. The lowest BCUT2D eigenvalue weighted by Crippen LogP contribution is -2.25. The van der Waals surface area contributed by atoms with E-state index in [0.29, 0.717) is 5.92 Å². The fourth-order valence-electron chi connectivity index (χ4n) is 1.51. The van der Waals surface area contributed by atoms with E-state index in [1.807, 2.05) is 0 Å². The minimum absolute atomic E-state index is 0.673. The van der Waals surface area contributed by atoms with Crippen molar-refractivity contribution >= 4 is 20.6 Å². The van der Waals surface area contributed by atoms with Gasteiger partial charge in [-0.25, -0.2) is 0 Å². The molecule has 1 fully saturated rings. The quantitative estimate of drug-likeness (QED) is 0.493. The summed E-state index contributed by atoms with van der Waals surface area (Å²) in [6, 6.07) is 2.66. The van der Waals surface area contributed by atoms with E-state index in [1.165, 1.54) is 24.9 Å². The molecule has 0 spiro atoms. The molecule has 3 heteroatoms. The average Bonchev–Trinajstić information content (AvgIpc) is 2.06. The Morgan fingerprint density at radius 2 is 2.36 bits per heavy atom. The van der Waals surface area contributed by atoms with E-state index in [9.17, 15) is 0 Å². The van der Waals surface area contributed by atoms with Crippen LogP contribution in [0, 0.1) is 5.92 Å². The van der Waals surface area contributed by atoms with Crippen molar-refractivity contribution in [1.29, 1.82) is 0 Å². The summed E-state index contributed by atoms with van der Waals surface area (Å²) in [6.45, 7) is 3.24. The highest BCUT2D eigenvalue weighted by Gasteiger charge is 2.18. The van der Waals surface area contributed by atoms with Crippen molar-refractivity contribution in [3.05, 3.63) is 0 Å². The number of rotatable bonds is 3. The second-order valence-corrected chi connectivity index (χ2v) is 6.42. The van der Waals surface area contributed by atoms with Gasteiger partial charge in [0.05, 0.1) is 0 Å². The van der Waals surface area contributed by atoms with Crippen LogP contribution in [0.2, 0.25) is 12.1 Å². The second-order valence-electron chi connectivity index (χ2n) is 3.48. The smallest absolute Gasteiger partial charge is 0.177 e. The Bertz CT molecular complexity index is 104. The molecule has 2 unspecified atom stereocenters. The first kappa shape index (κ1) is 9.55. The Hall–Kier alpha value is 0.467. The van der Waals surface area contributed by atoms with Gasteiger partial charge in [0.1, 0.15) is 0 Å². The lowest BCUT2D eigenvalue weighted by Gasteiger charge is -2.22. The van der Waals surface area contributed by atoms with Gasteiger partial charge >= 0.3 is 0 Å². The topological polar surface area (TPSA) is 9.23 Å². The molecule has 0 aromatic rings. The molecule has 66 valence electrons. The van der Waals surface area contributed by atoms with Crippen LogP contribution in [-0.2, 0) is 4.43 Å². The number of alkyl halides is 1. The molecule has 0 bridgehead atoms. The zero-order valence-electron chi connectivity index (χ0n) is 7.18. The summed E-state index contributed by atoms with van der Waals surface area (Å²) in [4.78, 5) is 0. The third-order valence-corrected chi connectivity index (χ3v) is 5.82. The van der Waals surface area contributed by atoms with Gasteiger partial charge in [-0.15, -0.1) is 11.6 Å². The van der Waals surface area contributed by atoms with Crippen molar-refractivity contribution in [3.8, 4) is 0 Å². The van der Waals surface area contributed by atoms with Crippen LogP contribution >= 0.6 is 11.6 Å². The Balaban J connectivity index is 2.13. The summed E-state index contributed by atoms with van der Waals surface area (Å²) in [5, 5.41) is 0. The molecule has 1 heterocycles. The second kappa shape index (κ2) is 5.17. The first-order valence-corrected chi connectivity index (χ1v) is 7.14. The van der Waals surface area contributed by atoms with Crippen molar-refractivity contribution in [1.82, 2.24) is 0 Å². The summed E-state index contributed by atoms with van der Waals surface area (Å²) >= 11 is 5.74. The molecule has 1 aliphatic heterocycles. The van der Waals surface area contributed by atoms with Crippen molar-refractivity contribution in [2.75, 3.05) is 12.5 Å². The molecule has 11 heavy (non-hydrogen) atoms. The fourth-order valence-corrected chi connectivity index (χ4v) is 4.69. The highest BCUT2D eigenvalue weighted by Crippen LogP contribution is 2.18. The van der Waals surface area contributed by atoms with Crippen LogP contribution in [0.4, 0.5) is 0 Å². The van der Waals surface area contributed by atoms with Gasteiger partial charge < -0.3 is 4.43 Å². The highest BCUT2D eigenvalue weighted by molar-refractivity contribution is 6.52. The number of hydrogen-bond donors (Lipinski definition) is 0. The molecule has 1 nitrogen and oxygen atoms in total. The third-order valence-electron chi connectivity index (χ3n) is 2.20. The molecular weight excluding hydrogens is 176 g/mol. The molecule has 0 N–H and O–H groups in total. The lowest BCUT2D eigenvalue weighted by atomic mass is 10.3. The zero-order chi connectivity index (χ0) is 8.10. The van der Waals surface area contributed by atoms with E-state index in [-0.39, 0.29) is 0 Å². The Morgan fingerprint density at radius 1 is 1.55 bits per heavy atom. The summed E-state index contributed by atoms with van der Waals surface area (Å²) < 4.78 is 5.73. The van der Waals surface area contributed by atoms with Crippen LogP contribution in [0.15, 0.2) is 0 Å². The Kier molecular flexibility index (Phi) is 4.49. The average molecular weight is 193 g/mol. The van der Waals surface area contributed by atoms with Crippen molar-refractivity contribution in [2.45, 2.75) is 31.9 Å². The first-order chi connectivity index (χ1) is 5.33. The molecule has 1 aliphatic rings. The molecule has 1 rings (SSSR count). The Morgan fingerprint density at radius 3 is 2.91 bits per heavy atom. The SMILES string of the molecule is CC(CCl)C[SiH]1CCCCO1. The third kappa shape index (κ3) is 3.59. The van der Waals surface area contributed by atoms with E-state index in [2.05, 4.69) is 6.92 Å². The molecule has 0 radical (unpaired) electrons. The molecule has 0 aliphatic carbocycles. The van der Waals surface area contributed by atoms with Crippen LogP contribution in [0.3, 0.4) is 0 Å². The highest BCUT2D eigenvalue weighted by atomic mass is 35.5. The van der Waals surface area contributed by atoms with E-state index < -0.39 is 9.04 Å². The molecule has 0 saturated carbocycles. The van der Waals surface area contributed by atoms with Gasteiger partial charge in [0, 0.05) is 12.5 Å². The summed E-state index contributed by atoms with van der Waals surface area (Å²) in [5.41, 5.74) is 0. The van der Waals surface area contributed by atoms with Gasteiger partial charge in [-0.1, -0.05) is 13.3 Å². The maximum Gasteiger partial charge on any atom is 0.177 e. The maximum atomic E-state index is 5.74. The van der Waals surface area contributed by atoms with Crippen LogP contribution in [-0.4, -0.2) is 21.5 Å². The van der Waals surface area contributed by atoms with Crippen molar-refractivity contribution in [3.63, 3.8) is 0 Å². The molecule has 1 saturated heterocycles. The Labute approximate surface area is 75.8 Å². The van der Waals surface area contributed by atoms with E-state index in [4.69, 9.17) is 16.0 Å². The van der Waals surface area contributed by atoms with Gasteiger partial charge in [-0.05, 0) is 24.4 Å². The standard InChI is InChI=1S/C8H17ClOSi/c1-8(6-9)7-11-5-3-2-4-10-11/h8,11H,2-7H2,1H3. The zero-order valence-corrected chi connectivity index (χ0v) is 9.09. The lowest BCUT2D eigenvalue weighted by molar-refractivity contribution is 0.283. The van der Waals surface area contributed by atoms with Crippen LogP contribution in [0.5, 0.6) is 0 Å². The normalized spacial score (nSPS) is 28.4. The van der Waals surface area contributed by atoms with Gasteiger partial charge in [0.2, 0.25) is 0 Å². The van der Waals surface area contributed by atoms with E-state index in [1.54, 1.807) is 0 Å². The molecule has 0 amide bonds. The van der Waals surface area contributed by atoms with Crippen LogP contribution in [0.1, 0.15) is 19.8 Å². The first-order valence-electron chi connectivity index (χ1n) is 4.50. The van der Waals surface area contributed by atoms with Crippen molar-refractivity contribution in [2.24, 2.45) is 5.92 Å². The summed E-state index contributed by atoms with van der Waals surface area (Å²) in [7, 11) is -0.786. The maximum absolute atomic E-state index is 5.74. The summed E-state index contributed by atoms with van der Waals surface area (Å²) in [6.07, 6.45) is 2.67. The molecular formula is C8H17ClOSi. The van der Waals surface area contributed by atoms with Crippen molar-refractivity contribution < 1.29 is 4.43 Å². The predicted molar refractivity (Wildman–Crippen MR) is 51.8 cm³/mol. The van der Waals surface area contributed by atoms with Crippen LogP contribution in [0.25, 0.3) is 0 Å². The number of halogens is 1. The van der Waals surface area contributed by atoms with Crippen LogP contribution < -0.4 is 0 Å². The van der Waals surface area contributed by atoms with Gasteiger partial charge in [0.15, 0.2) is 9.04 Å². The summed E-state index contributed by atoms with van der Waals surface area (Å²) in [5.74, 6) is 1.47. The predicted octanol–water partition coefficient (Wildman–Crippen LogP) is 2.40.